The average Bonchev–Trinajstić information content (AvgIpc) is 2.99. The van der Waals surface area contributed by atoms with Crippen molar-refractivity contribution in [2.45, 2.75) is 13.3 Å². The molecule has 4 aromatic rings. The van der Waals surface area contributed by atoms with E-state index >= 15 is 0 Å². The van der Waals surface area contributed by atoms with E-state index in [2.05, 4.69) is 51.4 Å². The van der Waals surface area contributed by atoms with E-state index in [1.54, 1.807) is 11.3 Å². The van der Waals surface area contributed by atoms with Gasteiger partial charge in [-0.25, -0.2) is 9.97 Å². The lowest BCUT2D eigenvalue weighted by Crippen LogP contribution is -1.86. The first-order chi connectivity index (χ1) is 9.78. The number of nitrogens with zero attached hydrogens (tertiary/aromatic N) is 2. The molecular formula is C16H13N3S. The van der Waals surface area contributed by atoms with Crippen LogP contribution < -0.4 is 0 Å². The van der Waals surface area contributed by atoms with Crippen LogP contribution in [0.5, 0.6) is 0 Å². The Labute approximate surface area is 120 Å². The van der Waals surface area contributed by atoms with Crippen molar-refractivity contribution in [1.29, 1.82) is 0 Å². The standard InChI is InChI=1S/C16H13N3S/c1-10-17-12-7-6-11(8-14(12)18-10)9-16-19-13-4-2-3-5-15(13)20-16/h2-8H,9H2,1H3,(H,17,18). The first-order valence-electron chi connectivity index (χ1n) is 6.58. The molecule has 0 fully saturated rings. The summed E-state index contributed by atoms with van der Waals surface area (Å²) in [6.07, 6.45) is 0.868. The van der Waals surface area contributed by atoms with Crippen molar-refractivity contribution in [2.24, 2.45) is 0 Å². The number of aryl methyl sites for hydroxylation is 1. The van der Waals surface area contributed by atoms with Crippen LogP contribution in [-0.2, 0) is 6.42 Å². The first kappa shape index (κ1) is 11.6. The molecule has 20 heavy (non-hydrogen) atoms. The van der Waals surface area contributed by atoms with Gasteiger partial charge in [-0.05, 0) is 36.8 Å². The lowest BCUT2D eigenvalue weighted by Gasteiger charge is -1.97. The summed E-state index contributed by atoms with van der Waals surface area (Å²) in [6.45, 7) is 1.98. The van der Waals surface area contributed by atoms with E-state index in [1.165, 1.54) is 10.3 Å². The van der Waals surface area contributed by atoms with Crippen molar-refractivity contribution in [3.05, 3.63) is 58.9 Å². The predicted molar refractivity (Wildman–Crippen MR) is 83.3 cm³/mol. The Balaban J connectivity index is 1.72. The van der Waals surface area contributed by atoms with Crippen LogP contribution in [0.3, 0.4) is 0 Å². The van der Waals surface area contributed by atoms with E-state index < -0.39 is 0 Å². The van der Waals surface area contributed by atoms with Crippen LogP contribution in [0.4, 0.5) is 0 Å². The van der Waals surface area contributed by atoms with Crippen molar-refractivity contribution in [1.82, 2.24) is 15.0 Å². The monoisotopic (exact) mass is 279 g/mol. The van der Waals surface area contributed by atoms with E-state index in [0.717, 1.165) is 33.8 Å². The zero-order valence-corrected chi connectivity index (χ0v) is 11.9. The fraction of sp³-hybridized carbons (Fsp3) is 0.125. The van der Waals surface area contributed by atoms with Crippen molar-refractivity contribution >= 4 is 32.6 Å². The number of H-pyrrole nitrogens is 1. The molecule has 0 amide bonds. The van der Waals surface area contributed by atoms with Gasteiger partial charge in [-0.2, -0.15) is 0 Å². The maximum atomic E-state index is 4.69. The van der Waals surface area contributed by atoms with Crippen LogP contribution in [-0.4, -0.2) is 15.0 Å². The van der Waals surface area contributed by atoms with Crippen molar-refractivity contribution < 1.29 is 0 Å². The first-order valence-corrected chi connectivity index (χ1v) is 7.39. The topological polar surface area (TPSA) is 41.6 Å². The number of aromatic nitrogens is 3. The molecule has 0 aliphatic rings. The van der Waals surface area contributed by atoms with Gasteiger partial charge < -0.3 is 4.98 Å². The van der Waals surface area contributed by atoms with Gasteiger partial charge in [-0.3, -0.25) is 0 Å². The normalized spacial score (nSPS) is 11.4. The molecule has 2 aromatic heterocycles. The smallest absolute Gasteiger partial charge is 0.104 e. The molecule has 4 rings (SSSR count). The van der Waals surface area contributed by atoms with E-state index in [0.29, 0.717) is 0 Å². The molecule has 0 aliphatic heterocycles. The van der Waals surface area contributed by atoms with Gasteiger partial charge >= 0.3 is 0 Å². The molecule has 0 saturated heterocycles. The summed E-state index contributed by atoms with van der Waals surface area (Å²) in [5, 5.41) is 1.15. The number of hydrogen-bond acceptors (Lipinski definition) is 3. The molecule has 0 saturated carbocycles. The third-order valence-electron chi connectivity index (χ3n) is 3.36. The lowest BCUT2D eigenvalue weighted by atomic mass is 10.1. The number of rotatable bonds is 2. The number of aromatic amines is 1. The van der Waals surface area contributed by atoms with Gasteiger partial charge in [0, 0.05) is 6.42 Å². The highest BCUT2D eigenvalue weighted by Gasteiger charge is 2.06. The molecule has 0 atom stereocenters. The molecule has 0 spiro atoms. The SMILES string of the molecule is Cc1nc2ccc(Cc3nc4ccccc4s3)cc2[nH]1. The summed E-state index contributed by atoms with van der Waals surface area (Å²) in [4.78, 5) is 12.4. The molecule has 98 valence electrons. The Morgan fingerprint density at radius 1 is 1.05 bits per heavy atom. The Morgan fingerprint density at radius 2 is 1.95 bits per heavy atom. The van der Waals surface area contributed by atoms with Crippen molar-refractivity contribution in [2.75, 3.05) is 0 Å². The highest BCUT2D eigenvalue weighted by Crippen LogP contribution is 2.24. The Morgan fingerprint density at radius 3 is 2.85 bits per heavy atom. The summed E-state index contributed by atoms with van der Waals surface area (Å²) in [7, 11) is 0. The lowest BCUT2D eigenvalue weighted by molar-refractivity contribution is 1.16. The van der Waals surface area contributed by atoms with Gasteiger partial charge in [-0.1, -0.05) is 18.2 Å². The zero-order chi connectivity index (χ0) is 13.5. The Hall–Kier alpha value is -2.20. The number of para-hydroxylation sites is 1. The number of thiazole rings is 1. The minimum absolute atomic E-state index is 0.868. The fourth-order valence-corrected chi connectivity index (χ4v) is 3.47. The second kappa shape index (κ2) is 4.42. The number of fused-ring (bicyclic) bond motifs is 2. The fourth-order valence-electron chi connectivity index (χ4n) is 2.46. The third kappa shape index (κ3) is 1.98. The number of hydrogen-bond donors (Lipinski definition) is 1. The summed E-state index contributed by atoms with van der Waals surface area (Å²) in [5.74, 6) is 0.956. The second-order valence-electron chi connectivity index (χ2n) is 4.93. The summed E-state index contributed by atoms with van der Waals surface area (Å²) in [5.41, 5.74) is 4.47. The van der Waals surface area contributed by atoms with E-state index in [4.69, 9.17) is 0 Å². The summed E-state index contributed by atoms with van der Waals surface area (Å²) in [6, 6.07) is 14.7. The molecule has 2 heterocycles. The van der Waals surface area contributed by atoms with Crippen LogP contribution >= 0.6 is 11.3 Å². The van der Waals surface area contributed by atoms with Gasteiger partial charge in [0.15, 0.2) is 0 Å². The minimum atomic E-state index is 0.868. The molecule has 0 aliphatic carbocycles. The summed E-state index contributed by atoms with van der Waals surface area (Å²) >= 11 is 1.77. The van der Waals surface area contributed by atoms with Gasteiger partial charge in [0.2, 0.25) is 0 Å². The van der Waals surface area contributed by atoms with Gasteiger partial charge in [0.1, 0.15) is 5.82 Å². The average molecular weight is 279 g/mol. The van der Waals surface area contributed by atoms with Crippen LogP contribution in [0.2, 0.25) is 0 Å². The third-order valence-corrected chi connectivity index (χ3v) is 4.39. The highest BCUT2D eigenvalue weighted by atomic mass is 32.1. The van der Waals surface area contributed by atoms with Crippen LogP contribution in [0.25, 0.3) is 21.3 Å². The maximum Gasteiger partial charge on any atom is 0.104 e. The van der Waals surface area contributed by atoms with Gasteiger partial charge in [0.25, 0.3) is 0 Å². The number of benzene rings is 2. The van der Waals surface area contributed by atoms with Crippen LogP contribution in [0.1, 0.15) is 16.4 Å². The largest absolute Gasteiger partial charge is 0.342 e. The van der Waals surface area contributed by atoms with Gasteiger partial charge in [-0.15, -0.1) is 11.3 Å². The molecule has 0 bridgehead atoms. The van der Waals surface area contributed by atoms with Crippen molar-refractivity contribution in [3.63, 3.8) is 0 Å². The molecule has 4 heteroatoms. The van der Waals surface area contributed by atoms with Gasteiger partial charge in [0.05, 0.1) is 26.3 Å². The number of imidazole rings is 1. The second-order valence-corrected chi connectivity index (χ2v) is 6.04. The summed E-state index contributed by atoms with van der Waals surface area (Å²) < 4.78 is 1.25. The highest BCUT2D eigenvalue weighted by molar-refractivity contribution is 7.18. The molecule has 0 unspecified atom stereocenters. The quantitative estimate of drug-likeness (QED) is 0.601. The van der Waals surface area contributed by atoms with Crippen molar-refractivity contribution in [3.8, 4) is 0 Å². The molecule has 0 radical (unpaired) electrons. The zero-order valence-electron chi connectivity index (χ0n) is 11.1. The van der Waals surface area contributed by atoms with E-state index in [9.17, 15) is 0 Å². The Kier molecular flexibility index (Phi) is 2.57. The molecule has 3 nitrogen and oxygen atoms in total. The van der Waals surface area contributed by atoms with E-state index in [1.807, 2.05) is 13.0 Å². The number of nitrogens with one attached hydrogen (secondary N) is 1. The van der Waals surface area contributed by atoms with Crippen LogP contribution in [0, 0.1) is 6.92 Å². The van der Waals surface area contributed by atoms with Crippen LogP contribution in [0.15, 0.2) is 42.5 Å². The maximum absolute atomic E-state index is 4.69. The predicted octanol–water partition coefficient (Wildman–Crippen LogP) is 4.07. The minimum Gasteiger partial charge on any atom is -0.342 e. The van der Waals surface area contributed by atoms with E-state index in [-0.39, 0.29) is 0 Å². The molecule has 2 aromatic carbocycles. The molecular weight excluding hydrogens is 266 g/mol. The molecule has 1 N–H and O–H groups in total. The Bertz CT molecular complexity index is 871.